The molecule has 17 heavy (non-hydrogen) atoms. The van der Waals surface area contributed by atoms with Crippen molar-refractivity contribution in [2.75, 3.05) is 0 Å². The summed E-state index contributed by atoms with van der Waals surface area (Å²) in [5.41, 5.74) is 0.189. The van der Waals surface area contributed by atoms with Crippen molar-refractivity contribution < 1.29 is 14.6 Å². The van der Waals surface area contributed by atoms with Gasteiger partial charge in [-0.25, -0.2) is 14.8 Å². The van der Waals surface area contributed by atoms with Crippen LogP contribution in [0.15, 0.2) is 23.8 Å². The second-order valence-electron chi connectivity index (χ2n) is 2.91. The number of carboxylic acids is 1. The number of carbonyl (C=O) groups is 1. The Hall–Kier alpha value is -2.46. The van der Waals surface area contributed by atoms with E-state index in [1.165, 1.54) is 18.5 Å². The van der Waals surface area contributed by atoms with E-state index in [4.69, 9.17) is 15.1 Å². The number of hydrogen-bond acceptors (Lipinski definition) is 6. The summed E-state index contributed by atoms with van der Waals surface area (Å²) in [6, 6.07) is 3.23. The fourth-order valence-corrected chi connectivity index (χ4v) is 1.68. The van der Waals surface area contributed by atoms with Crippen LogP contribution in [0.25, 0.3) is 0 Å². The smallest absolute Gasteiger partial charge is 0.346 e. The van der Waals surface area contributed by atoms with E-state index >= 15 is 0 Å². The summed E-state index contributed by atoms with van der Waals surface area (Å²) in [5.74, 6) is -0.416. The average molecular weight is 247 g/mol. The summed E-state index contributed by atoms with van der Waals surface area (Å²) in [7, 11) is 0. The second kappa shape index (κ2) is 4.59. The molecule has 0 saturated heterocycles. The lowest BCUT2D eigenvalue weighted by atomic mass is 10.4. The van der Waals surface area contributed by atoms with Crippen molar-refractivity contribution in [2.45, 2.75) is 0 Å². The Bertz CT molecular complexity index is 586. The number of ether oxygens (including phenoxy) is 1. The molecule has 0 fully saturated rings. The standard InChI is InChI=1S/C10H5N3O3S/c11-2-6-3-13-9(4-12-6)16-7-1-8(10(14)15)17-5-7/h1,3-5H,(H,14,15). The number of carboxylic acid groups (broad SMARTS) is 1. The third-order valence-electron chi connectivity index (χ3n) is 1.75. The summed E-state index contributed by atoms with van der Waals surface area (Å²) in [5, 5.41) is 18.8. The Labute approximate surface area is 99.8 Å². The molecule has 84 valence electrons. The predicted octanol–water partition coefficient (Wildman–Crippen LogP) is 1.90. The third-order valence-corrected chi connectivity index (χ3v) is 2.65. The zero-order valence-corrected chi connectivity index (χ0v) is 9.14. The quantitative estimate of drug-likeness (QED) is 0.889. The summed E-state index contributed by atoms with van der Waals surface area (Å²) < 4.78 is 5.27. The van der Waals surface area contributed by atoms with Gasteiger partial charge in [-0.3, -0.25) is 0 Å². The minimum Gasteiger partial charge on any atom is -0.477 e. The minimum atomic E-state index is -1.00. The normalized spacial score (nSPS) is 9.59. The van der Waals surface area contributed by atoms with Crippen LogP contribution in [-0.4, -0.2) is 21.0 Å². The molecule has 2 aromatic heterocycles. The molecule has 0 aliphatic rings. The van der Waals surface area contributed by atoms with Crippen LogP contribution in [0.5, 0.6) is 11.6 Å². The molecule has 0 radical (unpaired) electrons. The SMILES string of the molecule is N#Cc1cnc(Oc2csc(C(=O)O)c2)cn1. The van der Waals surface area contributed by atoms with Gasteiger partial charge in [-0.1, -0.05) is 0 Å². The first-order chi connectivity index (χ1) is 8.19. The van der Waals surface area contributed by atoms with E-state index in [0.29, 0.717) is 5.75 Å². The molecule has 0 atom stereocenters. The summed E-state index contributed by atoms with van der Waals surface area (Å²) >= 11 is 1.06. The molecule has 2 rings (SSSR count). The van der Waals surface area contributed by atoms with Crippen molar-refractivity contribution in [1.29, 1.82) is 5.26 Å². The lowest BCUT2D eigenvalue weighted by Crippen LogP contribution is -1.91. The van der Waals surface area contributed by atoms with E-state index in [1.807, 2.05) is 6.07 Å². The van der Waals surface area contributed by atoms with Crippen LogP contribution >= 0.6 is 11.3 Å². The first kappa shape index (κ1) is 11.0. The van der Waals surface area contributed by atoms with Gasteiger partial charge in [0, 0.05) is 11.4 Å². The van der Waals surface area contributed by atoms with Crippen LogP contribution in [0.3, 0.4) is 0 Å². The molecule has 0 aromatic carbocycles. The van der Waals surface area contributed by atoms with E-state index in [1.54, 1.807) is 5.38 Å². The van der Waals surface area contributed by atoms with Gasteiger partial charge in [-0.2, -0.15) is 5.26 Å². The highest BCUT2D eigenvalue weighted by molar-refractivity contribution is 7.12. The Morgan fingerprint density at radius 1 is 1.47 bits per heavy atom. The molecule has 0 spiro atoms. The molecule has 0 amide bonds. The molecular weight excluding hydrogens is 242 g/mol. The first-order valence-corrected chi connectivity index (χ1v) is 5.29. The van der Waals surface area contributed by atoms with Gasteiger partial charge in [0.25, 0.3) is 0 Å². The lowest BCUT2D eigenvalue weighted by Gasteiger charge is -1.99. The number of rotatable bonds is 3. The van der Waals surface area contributed by atoms with Gasteiger partial charge in [-0.15, -0.1) is 11.3 Å². The van der Waals surface area contributed by atoms with Gasteiger partial charge in [0.05, 0.1) is 12.4 Å². The zero-order valence-electron chi connectivity index (χ0n) is 8.32. The molecule has 0 unspecified atom stereocenters. The molecule has 1 N–H and O–H groups in total. The maximum Gasteiger partial charge on any atom is 0.346 e. The van der Waals surface area contributed by atoms with Crippen molar-refractivity contribution in [3.05, 3.63) is 34.4 Å². The van der Waals surface area contributed by atoms with Crippen LogP contribution in [-0.2, 0) is 0 Å². The summed E-state index contributed by atoms with van der Waals surface area (Å²) in [4.78, 5) is 18.4. The number of hydrogen-bond donors (Lipinski definition) is 1. The minimum absolute atomic E-state index is 0.182. The largest absolute Gasteiger partial charge is 0.477 e. The van der Waals surface area contributed by atoms with Crippen molar-refractivity contribution in [3.63, 3.8) is 0 Å². The van der Waals surface area contributed by atoms with Gasteiger partial charge in [0.2, 0.25) is 5.88 Å². The summed E-state index contributed by atoms with van der Waals surface area (Å²) in [6.07, 6.45) is 2.58. The summed E-state index contributed by atoms with van der Waals surface area (Å²) in [6.45, 7) is 0. The number of aromatic nitrogens is 2. The molecule has 0 aliphatic carbocycles. The maximum absolute atomic E-state index is 10.6. The number of thiophene rings is 1. The molecule has 2 aromatic rings. The van der Waals surface area contributed by atoms with Crippen molar-refractivity contribution in [1.82, 2.24) is 9.97 Å². The molecule has 0 bridgehead atoms. The number of nitrogens with zero attached hydrogens (tertiary/aromatic N) is 3. The highest BCUT2D eigenvalue weighted by Crippen LogP contribution is 2.25. The molecule has 6 nitrogen and oxygen atoms in total. The number of aromatic carboxylic acids is 1. The predicted molar refractivity (Wildman–Crippen MR) is 58.1 cm³/mol. The monoisotopic (exact) mass is 247 g/mol. The van der Waals surface area contributed by atoms with Crippen LogP contribution in [0.2, 0.25) is 0 Å². The highest BCUT2D eigenvalue weighted by atomic mass is 32.1. The Morgan fingerprint density at radius 2 is 2.29 bits per heavy atom. The van der Waals surface area contributed by atoms with Gasteiger partial charge in [-0.05, 0) is 0 Å². The molecular formula is C10H5N3O3S. The van der Waals surface area contributed by atoms with Crippen LogP contribution in [0, 0.1) is 11.3 Å². The van der Waals surface area contributed by atoms with Crippen molar-refractivity contribution in [3.8, 4) is 17.7 Å². The van der Waals surface area contributed by atoms with E-state index < -0.39 is 5.97 Å². The highest BCUT2D eigenvalue weighted by Gasteiger charge is 2.08. The lowest BCUT2D eigenvalue weighted by molar-refractivity contribution is 0.0702. The van der Waals surface area contributed by atoms with Crippen LogP contribution in [0.1, 0.15) is 15.4 Å². The van der Waals surface area contributed by atoms with Crippen LogP contribution < -0.4 is 4.74 Å². The number of nitriles is 1. The fraction of sp³-hybridized carbons (Fsp3) is 0. The zero-order chi connectivity index (χ0) is 12.3. The van der Waals surface area contributed by atoms with Gasteiger partial charge in [0.1, 0.15) is 16.7 Å². The average Bonchev–Trinajstić information content (AvgIpc) is 2.79. The molecule has 2 heterocycles. The molecule has 0 saturated carbocycles. The van der Waals surface area contributed by atoms with Crippen molar-refractivity contribution in [2.24, 2.45) is 0 Å². The van der Waals surface area contributed by atoms with E-state index in [2.05, 4.69) is 9.97 Å². The van der Waals surface area contributed by atoms with E-state index in [0.717, 1.165) is 11.3 Å². The third kappa shape index (κ3) is 2.56. The molecule has 0 aliphatic heterocycles. The fourth-order valence-electron chi connectivity index (χ4n) is 1.03. The van der Waals surface area contributed by atoms with E-state index in [9.17, 15) is 4.79 Å². The van der Waals surface area contributed by atoms with Gasteiger partial charge < -0.3 is 9.84 Å². The first-order valence-electron chi connectivity index (χ1n) is 4.41. The van der Waals surface area contributed by atoms with Crippen molar-refractivity contribution >= 4 is 17.3 Å². The Morgan fingerprint density at radius 3 is 2.82 bits per heavy atom. The Balaban J connectivity index is 2.14. The Kier molecular flexibility index (Phi) is 2.98. The van der Waals surface area contributed by atoms with Crippen LogP contribution in [0.4, 0.5) is 0 Å². The second-order valence-corrected chi connectivity index (χ2v) is 3.82. The van der Waals surface area contributed by atoms with Gasteiger partial charge >= 0.3 is 5.97 Å². The van der Waals surface area contributed by atoms with Gasteiger partial charge in [0.15, 0.2) is 5.69 Å². The molecule has 7 heteroatoms. The maximum atomic E-state index is 10.6. The topological polar surface area (TPSA) is 96.1 Å². The van der Waals surface area contributed by atoms with E-state index in [-0.39, 0.29) is 16.5 Å².